The summed E-state index contributed by atoms with van der Waals surface area (Å²) in [6.45, 7) is 4.35. The van der Waals surface area contributed by atoms with Crippen LogP contribution in [0.1, 0.15) is 34.3 Å². The van der Waals surface area contributed by atoms with Crippen molar-refractivity contribution in [2.45, 2.75) is 25.7 Å². The van der Waals surface area contributed by atoms with Gasteiger partial charge in [0.1, 0.15) is 0 Å². The number of hydrogen-bond donors (Lipinski definition) is 1. The summed E-state index contributed by atoms with van der Waals surface area (Å²) < 4.78 is 0. The van der Waals surface area contributed by atoms with E-state index in [9.17, 15) is 9.59 Å². The third-order valence-corrected chi connectivity index (χ3v) is 5.71. The molecule has 1 saturated heterocycles. The van der Waals surface area contributed by atoms with E-state index in [0.29, 0.717) is 24.1 Å². The average molecular weight is 414 g/mol. The fourth-order valence-electron chi connectivity index (χ4n) is 4.08. The number of para-hydroxylation sites is 1. The van der Waals surface area contributed by atoms with Gasteiger partial charge in [-0.05, 0) is 43.0 Å². The number of nitrogens with zero attached hydrogens (tertiary/aromatic N) is 2. The second-order valence-electron chi connectivity index (χ2n) is 7.61. The Labute approximate surface area is 178 Å². The maximum atomic E-state index is 13.0. The molecule has 2 aliphatic heterocycles. The lowest BCUT2D eigenvalue weighted by molar-refractivity contribution is -0.116. The first-order valence-corrected chi connectivity index (χ1v) is 10.2. The molecular weight excluding hydrogens is 386 g/mol. The summed E-state index contributed by atoms with van der Waals surface area (Å²) in [7, 11) is 0. The molecule has 1 N–H and O–H groups in total. The molecule has 154 valence electrons. The Hall–Kier alpha value is -2.37. The third-order valence-electron chi connectivity index (χ3n) is 5.71. The summed E-state index contributed by atoms with van der Waals surface area (Å²) in [5.41, 5.74) is 3.79. The summed E-state index contributed by atoms with van der Waals surface area (Å²) in [5.74, 6) is 0.0268. The topological polar surface area (TPSA) is 52.7 Å². The minimum absolute atomic E-state index is 0. The van der Waals surface area contributed by atoms with Gasteiger partial charge < -0.3 is 10.2 Å². The quantitative estimate of drug-likeness (QED) is 0.817. The van der Waals surface area contributed by atoms with Gasteiger partial charge in [-0.15, -0.1) is 12.4 Å². The van der Waals surface area contributed by atoms with Gasteiger partial charge in [0.25, 0.3) is 5.91 Å². The van der Waals surface area contributed by atoms with Crippen molar-refractivity contribution in [2.24, 2.45) is 0 Å². The minimum atomic E-state index is -0.00372. The van der Waals surface area contributed by atoms with Gasteiger partial charge in [-0.2, -0.15) is 0 Å². The van der Waals surface area contributed by atoms with Crippen molar-refractivity contribution < 1.29 is 9.59 Å². The van der Waals surface area contributed by atoms with E-state index < -0.39 is 0 Å². The van der Waals surface area contributed by atoms with Crippen molar-refractivity contribution in [1.82, 2.24) is 9.80 Å². The summed E-state index contributed by atoms with van der Waals surface area (Å²) in [4.78, 5) is 29.2. The van der Waals surface area contributed by atoms with Gasteiger partial charge in [0.2, 0.25) is 5.91 Å². The van der Waals surface area contributed by atoms with Crippen LogP contribution < -0.4 is 5.32 Å². The zero-order valence-corrected chi connectivity index (χ0v) is 17.4. The number of carbonyl (C=O) groups is 2. The first-order chi connectivity index (χ1) is 13.7. The van der Waals surface area contributed by atoms with Crippen molar-refractivity contribution in [1.29, 1.82) is 0 Å². The highest BCUT2D eigenvalue weighted by Crippen LogP contribution is 2.27. The number of amides is 2. The van der Waals surface area contributed by atoms with E-state index in [1.165, 1.54) is 5.56 Å². The van der Waals surface area contributed by atoms with Gasteiger partial charge in [-0.3, -0.25) is 14.5 Å². The Bertz CT molecular complexity index is 848. The molecule has 0 aliphatic carbocycles. The van der Waals surface area contributed by atoms with Gasteiger partial charge >= 0.3 is 0 Å². The number of rotatable bonds is 5. The van der Waals surface area contributed by atoms with E-state index in [1.54, 1.807) is 0 Å². The lowest BCUT2D eigenvalue weighted by atomic mass is 9.98. The van der Waals surface area contributed by atoms with Crippen LogP contribution >= 0.6 is 12.4 Å². The van der Waals surface area contributed by atoms with Crippen LogP contribution in [0.5, 0.6) is 0 Å². The minimum Gasteiger partial charge on any atom is -0.336 e. The maximum Gasteiger partial charge on any atom is 0.256 e. The number of piperazine rings is 1. The predicted octanol–water partition coefficient (Wildman–Crippen LogP) is 3.38. The molecule has 29 heavy (non-hydrogen) atoms. The average Bonchev–Trinajstić information content (AvgIpc) is 2.74. The predicted molar refractivity (Wildman–Crippen MR) is 118 cm³/mol. The number of halogens is 1. The monoisotopic (exact) mass is 413 g/mol. The Morgan fingerprint density at radius 1 is 0.931 bits per heavy atom. The SMILES string of the molecule is Cl.O=C1CCc2cccc(C(=O)N3CCN(CCCc4ccccc4)CC3)c2N1. The summed E-state index contributed by atoms with van der Waals surface area (Å²) in [6, 6.07) is 16.3. The van der Waals surface area contributed by atoms with Crippen molar-refractivity contribution >= 4 is 29.9 Å². The van der Waals surface area contributed by atoms with E-state index in [4.69, 9.17) is 0 Å². The van der Waals surface area contributed by atoms with Crippen LogP contribution in [0.15, 0.2) is 48.5 Å². The van der Waals surface area contributed by atoms with Gasteiger partial charge in [0.15, 0.2) is 0 Å². The third kappa shape index (κ3) is 5.17. The van der Waals surface area contributed by atoms with E-state index in [2.05, 4.69) is 40.5 Å². The molecule has 0 saturated carbocycles. The molecule has 2 heterocycles. The van der Waals surface area contributed by atoms with Crippen LogP contribution in [-0.2, 0) is 17.6 Å². The van der Waals surface area contributed by atoms with Crippen molar-refractivity contribution in [2.75, 3.05) is 38.0 Å². The molecule has 0 radical (unpaired) electrons. The van der Waals surface area contributed by atoms with Crippen LogP contribution in [0.3, 0.4) is 0 Å². The lowest BCUT2D eigenvalue weighted by Gasteiger charge is -2.35. The van der Waals surface area contributed by atoms with Gasteiger partial charge in [0.05, 0.1) is 11.3 Å². The largest absolute Gasteiger partial charge is 0.336 e. The lowest BCUT2D eigenvalue weighted by Crippen LogP contribution is -2.49. The highest BCUT2D eigenvalue weighted by molar-refractivity contribution is 6.05. The first kappa shape index (κ1) is 21.3. The number of hydrogen-bond acceptors (Lipinski definition) is 3. The molecule has 0 atom stereocenters. The van der Waals surface area contributed by atoms with Crippen molar-refractivity contribution in [3.8, 4) is 0 Å². The van der Waals surface area contributed by atoms with E-state index in [0.717, 1.165) is 51.1 Å². The van der Waals surface area contributed by atoms with Crippen LogP contribution in [-0.4, -0.2) is 54.3 Å². The molecule has 5 nitrogen and oxygen atoms in total. The van der Waals surface area contributed by atoms with Gasteiger partial charge in [0, 0.05) is 32.6 Å². The number of carbonyl (C=O) groups excluding carboxylic acids is 2. The fourth-order valence-corrected chi connectivity index (χ4v) is 4.08. The number of benzene rings is 2. The normalized spacial score (nSPS) is 16.6. The van der Waals surface area contributed by atoms with Gasteiger partial charge in [-0.1, -0.05) is 42.5 Å². The Morgan fingerprint density at radius 2 is 1.69 bits per heavy atom. The van der Waals surface area contributed by atoms with Crippen molar-refractivity contribution in [3.63, 3.8) is 0 Å². The maximum absolute atomic E-state index is 13.0. The van der Waals surface area contributed by atoms with Crippen LogP contribution in [0.2, 0.25) is 0 Å². The molecule has 4 rings (SSSR count). The molecule has 2 aromatic carbocycles. The number of fused-ring (bicyclic) bond motifs is 1. The zero-order valence-electron chi connectivity index (χ0n) is 16.6. The van der Waals surface area contributed by atoms with E-state index in [-0.39, 0.29) is 24.2 Å². The molecule has 0 bridgehead atoms. The molecule has 2 amide bonds. The molecule has 6 heteroatoms. The summed E-state index contributed by atoms with van der Waals surface area (Å²) in [5, 5.41) is 2.90. The smallest absolute Gasteiger partial charge is 0.256 e. The van der Waals surface area contributed by atoms with Crippen molar-refractivity contribution in [3.05, 3.63) is 65.2 Å². The molecular formula is C23H28ClN3O2. The summed E-state index contributed by atoms with van der Waals surface area (Å²) in [6.07, 6.45) is 3.43. The number of anilines is 1. The number of aryl methyl sites for hydroxylation is 2. The molecule has 0 spiro atoms. The Morgan fingerprint density at radius 3 is 2.45 bits per heavy atom. The second kappa shape index (κ2) is 9.90. The second-order valence-corrected chi connectivity index (χ2v) is 7.61. The molecule has 2 aliphatic rings. The Balaban J connectivity index is 0.00000240. The van der Waals surface area contributed by atoms with Crippen LogP contribution in [0.4, 0.5) is 5.69 Å². The van der Waals surface area contributed by atoms with Gasteiger partial charge in [-0.25, -0.2) is 0 Å². The Kier molecular flexibility index (Phi) is 7.29. The van der Waals surface area contributed by atoms with Crippen LogP contribution in [0, 0.1) is 0 Å². The molecule has 0 unspecified atom stereocenters. The summed E-state index contributed by atoms with van der Waals surface area (Å²) >= 11 is 0. The molecule has 0 aromatic heterocycles. The van der Waals surface area contributed by atoms with Crippen LogP contribution in [0.25, 0.3) is 0 Å². The molecule has 2 aromatic rings. The standard InChI is InChI=1S/C23H27N3O2.ClH/c27-21-12-11-19-9-4-10-20(22(19)24-21)23(28)26-16-14-25(15-17-26)13-5-8-18-6-2-1-3-7-18;/h1-4,6-7,9-10H,5,8,11-17H2,(H,24,27);1H. The molecule has 1 fully saturated rings. The highest BCUT2D eigenvalue weighted by atomic mass is 35.5. The van der Waals surface area contributed by atoms with E-state index >= 15 is 0 Å². The fraction of sp³-hybridized carbons (Fsp3) is 0.391. The number of nitrogens with one attached hydrogen (secondary N) is 1. The van der Waals surface area contributed by atoms with E-state index in [1.807, 2.05) is 23.1 Å². The first-order valence-electron chi connectivity index (χ1n) is 10.2. The zero-order chi connectivity index (χ0) is 19.3. The highest BCUT2D eigenvalue weighted by Gasteiger charge is 2.26.